The van der Waals surface area contributed by atoms with E-state index in [9.17, 15) is 4.79 Å². The molecule has 2 rings (SSSR count). The fourth-order valence-corrected chi connectivity index (χ4v) is 1.98. The van der Waals surface area contributed by atoms with Crippen molar-refractivity contribution < 1.29 is 9.53 Å². The van der Waals surface area contributed by atoms with Crippen LogP contribution < -0.4 is 15.8 Å². The van der Waals surface area contributed by atoms with Gasteiger partial charge in [-0.15, -0.1) is 0 Å². The normalized spacial score (nSPS) is 10.1. The van der Waals surface area contributed by atoms with Crippen molar-refractivity contribution >= 4 is 17.3 Å². The van der Waals surface area contributed by atoms with Gasteiger partial charge in [-0.25, -0.2) is 0 Å². The summed E-state index contributed by atoms with van der Waals surface area (Å²) in [6.45, 7) is 4.30. The number of nitrogens with one attached hydrogen (secondary N) is 1. The van der Waals surface area contributed by atoms with Gasteiger partial charge in [0.05, 0.1) is 23.5 Å². The standard InChI is InChI=1S/C16H18N2O2/c1-3-20-14-10-5-4-8-12(14)16(19)18-15-11(2)7-6-9-13(15)17/h4-10H,3,17H2,1-2H3,(H,18,19). The first kappa shape index (κ1) is 13.9. The van der Waals surface area contributed by atoms with E-state index < -0.39 is 0 Å². The lowest BCUT2D eigenvalue weighted by Crippen LogP contribution is -2.15. The molecule has 0 aliphatic heterocycles. The number of benzene rings is 2. The van der Waals surface area contributed by atoms with Gasteiger partial charge in [-0.2, -0.15) is 0 Å². The lowest BCUT2D eigenvalue weighted by molar-refractivity contribution is 0.102. The summed E-state index contributed by atoms with van der Waals surface area (Å²) >= 11 is 0. The highest BCUT2D eigenvalue weighted by Crippen LogP contribution is 2.25. The number of hydrogen-bond donors (Lipinski definition) is 2. The number of aryl methyl sites for hydroxylation is 1. The van der Waals surface area contributed by atoms with Gasteiger partial charge >= 0.3 is 0 Å². The number of amides is 1. The van der Waals surface area contributed by atoms with Crippen LogP contribution in [0.15, 0.2) is 42.5 Å². The van der Waals surface area contributed by atoms with Gasteiger partial charge in [-0.05, 0) is 37.6 Å². The zero-order valence-corrected chi connectivity index (χ0v) is 11.6. The van der Waals surface area contributed by atoms with Gasteiger partial charge in [0.2, 0.25) is 0 Å². The molecule has 20 heavy (non-hydrogen) atoms. The van der Waals surface area contributed by atoms with Crippen LogP contribution in [0.1, 0.15) is 22.8 Å². The summed E-state index contributed by atoms with van der Waals surface area (Å²) in [5, 5.41) is 2.85. The second kappa shape index (κ2) is 6.10. The van der Waals surface area contributed by atoms with Crippen molar-refractivity contribution in [3.8, 4) is 5.75 Å². The molecule has 4 heteroatoms. The predicted molar refractivity (Wildman–Crippen MR) is 81.2 cm³/mol. The van der Waals surface area contributed by atoms with E-state index in [2.05, 4.69) is 5.32 Å². The largest absolute Gasteiger partial charge is 0.493 e. The lowest BCUT2D eigenvalue weighted by atomic mass is 10.1. The van der Waals surface area contributed by atoms with Crippen LogP contribution in [0, 0.1) is 6.92 Å². The van der Waals surface area contributed by atoms with Crippen LogP contribution in [-0.2, 0) is 0 Å². The van der Waals surface area contributed by atoms with E-state index in [0.717, 1.165) is 5.56 Å². The van der Waals surface area contributed by atoms with Crippen LogP contribution >= 0.6 is 0 Å². The zero-order chi connectivity index (χ0) is 14.5. The quantitative estimate of drug-likeness (QED) is 0.838. The topological polar surface area (TPSA) is 64.3 Å². The van der Waals surface area contributed by atoms with Crippen LogP contribution in [0.2, 0.25) is 0 Å². The van der Waals surface area contributed by atoms with Crippen molar-refractivity contribution in [1.29, 1.82) is 0 Å². The first-order chi connectivity index (χ1) is 9.63. The monoisotopic (exact) mass is 270 g/mol. The Morgan fingerprint density at radius 2 is 1.95 bits per heavy atom. The van der Waals surface area contributed by atoms with E-state index in [1.54, 1.807) is 24.3 Å². The van der Waals surface area contributed by atoms with Crippen molar-refractivity contribution in [2.45, 2.75) is 13.8 Å². The minimum Gasteiger partial charge on any atom is -0.493 e. The summed E-state index contributed by atoms with van der Waals surface area (Å²) in [6, 6.07) is 12.7. The Morgan fingerprint density at radius 3 is 2.65 bits per heavy atom. The second-order valence-corrected chi connectivity index (χ2v) is 4.42. The predicted octanol–water partition coefficient (Wildman–Crippen LogP) is 3.23. The molecule has 2 aromatic carbocycles. The molecule has 0 aromatic heterocycles. The summed E-state index contributed by atoms with van der Waals surface area (Å²) in [7, 11) is 0. The van der Waals surface area contributed by atoms with Crippen molar-refractivity contribution in [1.82, 2.24) is 0 Å². The maximum Gasteiger partial charge on any atom is 0.259 e. The van der Waals surface area contributed by atoms with E-state index in [1.807, 2.05) is 32.0 Å². The molecule has 4 nitrogen and oxygen atoms in total. The molecule has 104 valence electrons. The van der Waals surface area contributed by atoms with Gasteiger partial charge in [0.15, 0.2) is 0 Å². The average Bonchev–Trinajstić information content (AvgIpc) is 2.44. The molecule has 0 bridgehead atoms. The molecule has 0 fully saturated rings. The Bertz CT molecular complexity index is 603. The number of nitrogen functional groups attached to an aromatic ring is 1. The molecule has 3 N–H and O–H groups in total. The smallest absolute Gasteiger partial charge is 0.259 e. The van der Waals surface area contributed by atoms with Gasteiger partial charge < -0.3 is 15.8 Å². The van der Waals surface area contributed by atoms with Crippen LogP contribution in [0.3, 0.4) is 0 Å². The number of hydrogen-bond acceptors (Lipinski definition) is 3. The Hall–Kier alpha value is -2.49. The molecular formula is C16H18N2O2. The SMILES string of the molecule is CCOc1ccccc1C(=O)Nc1c(C)cccc1N. The van der Waals surface area contributed by atoms with Crippen molar-refractivity contribution in [3.05, 3.63) is 53.6 Å². The lowest BCUT2D eigenvalue weighted by Gasteiger charge is -2.13. The van der Waals surface area contributed by atoms with Gasteiger partial charge in [0, 0.05) is 0 Å². The number of carbonyl (C=O) groups excluding carboxylic acids is 1. The van der Waals surface area contributed by atoms with E-state index in [0.29, 0.717) is 29.3 Å². The molecule has 0 saturated carbocycles. The number of anilines is 2. The Labute approximate surface area is 118 Å². The summed E-state index contributed by atoms with van der Waals surface area (Å²) in [5.41, 5.74) is 8.51. The molecule has 2 aromatic rings. The molecule has 0 aliphatic rings. The third-order valence-electron chi connectivity index (χ3n) is 2.98. The van der Waals surface area contributed by atoms with Crippen molar-refractivity contribution in [2.75, 3.05) is 17.7 Å². The summed E-state index contributed by atoms with van der Waals surface area (Å²) < 4.78 is 5.46. The second-order valence-electron chi connectivity index (χ2n) is 4.42. The molecular weight excluding hydrogens is 252 g/mol. The van der Waals surface area contributed by atoms with Crippen LogP contribution in [0.25, 0.3) is 0 Å². The summed E-state index contributed by atoms with van der Waals surface area (Å²) in [6.07, 6.45) is 0. The van der Waals surface area contributed by atoms with Gasteiger partial charge in [-0.1, -0.05) is 24.3 Å². The fraction of sp³-hybridized carbons (Fsp3) is 0.188. The maximum absolute atomic E-state index is 12.4. The molecule has 0 heterocycles. The molecule has 0 saturated heterocycles. The Kier molecular flexibility index (Phi) is 4.25. The minimum absolute atomic E-state index is 0.227. The van der Waals surface area contributed by atoms with Crippen LogP contribution in [0.5, 0.6) is 5.75 Å². The van der Waals surface area contributed by atoms with E-state index >= 15 is 0 Å². The molecule has 1 amide bonds. The summed E-state index contributed by atoms with van der Waals surface area (Å²) in [4.78, 5) is 12.4. The third-order valence-corrected chi connectivity index (χ3v) is 2.98. The number of rotatable bonds is 4. The van der Waals surface area contributed by atoms with Gasteiger partial charge in [0.25, 0.3) is 5.91 Å². The minimum atomic E-state index is -0.227. The highest BCUT2D eigenvalue weighted by Gasteiger charge is 2.14. The van der Waals surface area contributed by atoms with Crippen molar-refractivity contribution in [3.63, 3.8) is 0 Å². The average molecular weight is 270 g/mol. The van der Waals surface area contributed by atoms with Crippen LogP contribution in [-0.4, -0.2) is 12.5 Å². The first-order valence-electron chi connectivity index (χ1n) is 6.51. The first-order valence-corrected chi connectivity index (χ1v) is 6.51. The maximum atomic E-state index is 12.4. The van der Waals surface area contributed by atoms with Crippen LogP contribution in [0.4, 0.5) is 11.4 Å². The molecule has 0 spiro atoms. The molecule has 0 unspecified atom stereocenters. The molecule has 0 aliphatic carbocycles. The van der Waals surface area contributed by atoms with Crippen molar-refractivity contribution in [2.24, 2.45) is 0 Å². The fourth-order valence-electron chi connectivity index (χ4n) is 1.98. The number of para-hydroxylation sites is 2. The molecule has 0 atom stereocenters. The highest BCUT2D eigenvalue weighted by atomic mass is 16.5. The van der Waals surface area contributed by atoms with E-state index in [4.69, 9.17) is 10.5 Å². The van der Waals surface area contributed by atoms with Gasteiger partial charge in [-0.3, -0.25) is 4.79 Å². The molecule has 0 radical (unpaired) electrons. The van der Waals surface area contributed by atoms with E-state index in [-0.39, 0.29) is 5.91 Å². The highest BCUT2D eigenvalue weighted by molar-refractivity contribution is 6.07. The Morgan fingerprint density at radius 1 is 1.20 bits per heavy atom. The third kappa shape index (κ3) is 2.91. The van der Waals surface area contributed by atoms with Gasteiger partial charge in [0.1, 0.15) is 5.75 Å². The zero-order valence-electron chi connectivity index (χ0n) is 11.6. The number of ether oxygens (including phenoxy) is 1. The summed E-state index contributed by atoms with van der Waals surface area (Å²) in [5.74, 6) is 0.342. The van der Waals surface area contributed by atoms with E-state index in [1.165, 1.54) is 0 Å². The Balaban J connectivity index is 2.29. The number of carbonyl (C=O) groups is 1. The number of nitrogens with two attached hydrogens (primary N) is 1.